The average Bonchev–Trinajstić information content (AvgIpc) is 3.46. The van der Waals surface area contributed by atoms with Gasteiger partial charge in [-0.3, -0.25) is 4.79 Å². The molecule has 1 N–H and O–H groups in total. The summed E-state index contributed by atoms with van der Waals surface area (Å²) >= 11 is 0. The highest BCUT2D eigenvalue weighted by atomic mass is 32.2. The highest BCUT2D eigenvalue weighted by molar-refractivity contribution is 7.89. The van der Waals surface area contributed by atoms with Crippen LogP contribution in [0.4, 0.5) is 0 Å². The summed E-state index contributed by atoms with van der Waals surface area (Å²) in [5.41, 5.74) is 2.08. The van der Waals surface area contributed by atoms with Gasteiger partial charge in [-0.1, -0.05) is 12.1 Å². The van der Waals surface area contributed by atoms with Gasteiger partial charge in [0.2, 0.25) is 10.0 Å². The maximum Gasteiger partial charge on any atom is 0.251 e. The Kier molecular flexibility index (Phi) is 7.09. The lowest BCUT2D eigenvalue weighted by Crippen LogP contribution is -2.30. The molecule has 3 aromatic rings. The molecule has 1 aliphatic rings. The van der Waals surface area contributed by atoms with Gasteiger partial charge in [0.25, 0.3) is 5.91 Å². The minimum Gasteiger partial charge on any atom is -0.491 e. The van der Waals surface area contributed by atoms with E-state index >= 15 is 0 Å². The normalized spacial score (nSPS) is 13.9. The molecule has 1 aliphatic carbocycles. The molecule has 0 atom stereocenters. The van der Waals surface area contributed by atoms with Gasteiger partial charge in [0, 0.05) is 18.2 Å². The Morgan fingerprint density at radius 1 is 1.12 bits per heavy atom. The molecule has 0 aliphatic heterocycles. The third-order valence-electron chi connectivity index (χ3n) is 5.55. The molecule has 1 heterocycles. The van der Waals surface area contributed by atoms with Crippen LogP contribution in [-0.2, 0) is 23.1 Å². The molecule has 4 rings (SSSR count). The second kappa shape index (κ2) is 10.0. The third kappa shape index (κ3) is 5.87. The van der Waals surface area contributed by atoms with Gasteiger partial charge >= 0.3 is 0 Å². The van der Waals surface area contributed by atoms with Crippen molar-refractivity contribution in [1.82, 2.24) is 9.62 Å². The van der Waals surface area contributed by atoms with E-state index in [1.54, 1.807) is 54.6 Å². The van der Waals surface area contributed by atoms with Crippen LogP contribution in [-0.4, -0.2) is 30.8 Å². The number of nitrogens with one attached hydrogen (secondary N) is 1. The van der Waals surface area contributed by atoms with Gasteiger partial charge in [-0.2, -0.15) is 4.31 Å². The van der Waals surface area contributed by atoms with E-state index in [0.717, 1.165) is 24.0 Å². The Balaban J connectivity index is 1.58. The van der Waals surface area contributed by atoms with Gasteiger partial charge < -0.3 is 14.5 Å². The quantitative estimate of drug-likeness (QED) is 0.454. The molecule has 0 bridgehead atoms. The number of hydrogen-bond donors (Lipinski definition) is 1. The summed E-state index contributed by atoms with van der Waals surface area (Å²) in [5, 5.41) is 2.96. The van der Waals surface area contributed by atoms with E-state index in [1.165, 1.54) is 10.6 Å². The number of carbonyl (C=O) groups is 1. The largest absolute Gasteiger partial charge is 0.491 e. The molecule has 180 valence electrons. The summed E-state index contributed by atoms with van der Waals surface area (Å²) < 4.78 is 39.8. The van der Waals surface area contributed by atoms with Crippen molar-refractivity contribution in [3.05, 3.63) is 83.3 Å². The van der Waals surface area contributed by atoms with E-state index in [0.29, 0.717) is 17.1 Å². The van der Waals surface area contributed by atoms with Crippen molar-refractivity contribution in [1.29, 1.82) is 0 Å². The summed E-state index contributed by atoms with van der Waals surface area (Å²) in [7, 11) is -3.84. The fraction of sp³-hybridized carbons (Fsp3) is 0.346. The zero-order chi connectivity index (χ0) is 24.3. The highest BCUT2D eigenvalue weighted by Gasteiger charge is 2.27. The number of ether oxygens (including phenoxy) is 1. The second-order valence-corrected chi connectivity index (χ2v) is 10.8. The van der Waals surface area contributed by atoms with E-state index < -0.39 is 10.0 Å². The maximum absolute atomic E-state index is 13.6. The predicted octanol–water partition coefficient (Wildman–Crippen LogP) is 4.66. The molecule has 8 heteroatoms. The lowest BCUT2D eigenvalue weighted by molar-refractivity contribution is 0.0951. The molecule has 1 fully saturated rings. The number of furan rings is 1. The smallest absolute Gasteiger partial charge is 0.251 e. The summed E-state index contributed by atoms with van der Waals surface area (Å²) in [6, 6.07) is 15.7. The van der Waals surface area contributed by atoms with Crippen molar-refractivity contribution in [3.63, 3.8) is 0 Å². The molecule has 1 saturated carbocycles. The van der Waals surface area contributed by atoms with Crippen LogP contribution in [0.25, 0.3) is 0 Å². The van der Waals surface area contributed by atoms with Crippen molar-refractivity contribution >= 4 is 15.9 Å². The average molecular weight is 483 g/mol. The first-order valence-corrected chi connectivity index (χ1v) is 12.9. The Labute approximate surface area is 200 Å². The van der Waals surface area contributed by atoms with Gasteiger partial charge in [-0.25, -0.2) is 8.42 Å². The first kappa shape index (κ1) is 24.0. The van der Waals surface area contributed by atoms with Crippen molar-refractivity contribution in [2.75, 3.05) is 0 Å². The Morgan fingerprint density at radius 2 is 1.85 bits per heavy atom. The molecule has 34 heavy (non-hydrogen) atoms. The molecule has 2 aromatic carbocycles. The van der Waals surface area contributed by atoms with Crippen LogP contribution in [0.5, 0.6) is 5.75 Å². The molecule has 1 aromatic heterocycles. The summed E-state index contributed by atoms with van der Waals surface area (Å²) in [6.07, 6.45) is 3.56. The molecule has 7 nitrogen and oxygen atoms in total. The van der Waals surface area contributed by atoms with Crippen LogP contribution in [0.15, 0.2) is 70.2 Å². The monoisotopic (exact) mass is 482 g/mol. The first-order chi connectivity index (χ1) is 16.2. The lowest BCUT2D eigenvalue weighted by atomic mass is 10.1. The van der Waals surface area contributed by atoms with E-state index in [2.05, 4.69) is 5.32 Å². The molecule has 0 unspecified atom stereocenters. The number of sulfonamides is 1. The summed E-state index contributed by atoms with van der Waals surface area (Å²) in [4.78, 5) is 12.5. The fourth-order valence-electron chi connectivity index (χ4n) is 3.58. The number of rotatable bonds is 10. The minimum atomic E-state index is -3.84. The standard InChI is InChI=1S/C26H30N2O5S/c1-18(2)33-25-13-12-24(15-19(25)3)34(30,31)28(17-23-5-4-14-32-23)16-20-6-8-21(9-7-20)26(29)27-22-10-11-22/h4-9,12-15,18,22H,10-11,16-17H2,1-3H3,(H,27,29). The fourth-order valence-corrected chi connectivity index (χ4v) is 5.06. The molecule has 1 amide bonds. The van der Waals surface area contributed by atoms with Gasteiger partial charge in [0.05, 0.1) is 23.8 Å². The summed E-state index contributed by atoms with van der Waals surface area (Å²) in [5.74, 6) is 1.10. The van der Waals surface area contributed by atoms with E-state index in [-0.39, 0.29) is 36.0 Å². The zero-order valence-electron chi connectivity index (χ0n) is 19.7. The number of hydrogen-bond acceptors (Lipinski definition) is 5. The van der Waals surface area contributed by atoms with E-state index in [4.69, 9.17) is 9.15 Å². The second-order valence-electron chi connectivity index (χ2n) is 8.89. The van der Waals surface area contributed by atoms with Crippen molar-refractivity contribution in [2.24, 2.45) is 0 Å². The molecular formula is C26H30N2O5S. The highest BCUT2D eigenvalue weighted by Crippen LogP contribution is 2.27. The first-order valence-electron chi connectivity index (χ1n) is 11.4. The topological polar surface area (TPSA) is 88.9 Å². The lowest BCUT2D eigenvalue weighted by Gasteiger charge is -2.22. The van der Waals surface area contributed by atoms with E-state index in [9.17, 15) is 13.2 Å². The van der Waals surface area contributed by atoms with Crippen molar-refractivity contribution in [2.45, 2.75) is 63.7 Å². The number of benzene rings is 2. The number of amides is 1. The van der Waals surface area contributed by atoms with Crippen LogP contribution >= 0.6 is 0 Å². The number of aryl methyl sites for hydroxylation is 1. The van der Waals surface area contributed by atoms with Gasteiger partial charge in [-0.15, -0.1) is 0 Å². The van der Waals surface area contributed by atoms with Gasteiger partial charge in [0.15, 0.2) is 0 Å². The minimum absolute atomic E-state index is 0.00839. The maximum atomic E-state index is 13.6. The van der Waals surface area contributed by atoms with Crippen LogP contribution in [0.1, 0.15) is 53.9 Å². The Morgan fingerprint density at radius 3 is 2.44 bits per heavy atom. The number of nitrogens with zero attached hydrogens (tertiary/aromatic N) is 1. The van der Waals surface area contributed by atoms with Crippen LogP contribution in [0.2, 0.25) is 0 Å². The van der Waals surface area contributed by atoms with Crippen molar-refractivity contribution < 1.29 is 22.4 Å². The van der Waals surface area contributed by atoms with Crippen LogP contribution in [0.3, 0.4) is 0 Å². The summed E-state index contributed by atoms with van der Waals surface area (Å²) in [6.45, 7) is 5.91. The van der Waals surface area contributed by atoms with Gasteiger partial charge in [0.1, 0.15) is 11.5 Å². The molecule has 0 saturated heterocycles. The van der Waals surface area contributed by atoms with Crippen LogP contribution in [0, 0.1) is 6.92 Å². The predicted molar refractivity (Wildman–Crippen MR) is 129 cm³/mol. The SMILES string of the molecule is Cc1cc(S(=O)(=O)N(Cc2ccc(C(=O)NC3CC3)cc2)Cc2ccco2)ccc1OC(C)C. The van der Waals surface area contributed by atoms with Gasteiger partial charge in [-0.05, 0) is 87.2 Å². The third-order valence-corrected chi connectivity index (χ3v) is 7.33. The van der Waals surface area contributed by atoms with Crippen LogP contribution < -0.4 is 10.1 Å². The molecule has 0 spiro atoms. The molecule has 0 radical (unpaired) electrons. The molecular weight excluding hydrogens is 452 g/mol. The Bertz CT molecular complexity index is 1230. The number of carbonyl (C=O) groups excluding carboxylic acids is 1. The van der Waals surface area contributed by atoms with Crippen molar-refractivity contribution in [3.8, 4) is 5.75 Å². The zero-order valence-corrected chi connectivity index (χ0v) is 20.5. The Hall–Kier alpha value is -3.10. The van der Waals surface area contributed by atoms with E-state index in [1.807, 2.05) is 20.8 Å².